The lowest BCUT2D eigenvalue weighted by atomic mass is 9.98. The molecule has 0 spiro atoms. The van der Waals surface area contributed by atoms with Gasteiger partial charge in [0.2, 0.25) is 5.95 Å². The molecule has 0 aliphatic carbocycles. The number of nitrogen functional groups attached to an aromatic ring is 1. The highest BCUT2D eigenvalue weighted by Gasteiger charge is 2.25. The van der Waals surface area contributed by atoms with Crippen LogP contribution in [0.15, 0.2) is 12.1 Å². The van der Waals surface area contributed by atoms with Crippen molar-refractivity contribution in [2.75, 3.05) is 20.0 Å². The van der Waals surface area contributed by atoms with E-state index in [0.29, 0.717) is 17.4 Å². The molecule has 1 heterocycles. The number of hydrogen-bond acceptors (Lipinski definition) is 4. The fourth-order valence-electron chi connectivity index (χ4n) is 2.78. The Balaban J connectivity index is 2.69. The molecule has 0 aliphatic rings. The normalized spacial score (nSPS) is 11.8. The van der Waals surface area contributed by atoms with E-state index in [9.17, 15) is 0 Å². The number of aromatic nitrogens is 2. The first-order chi connectivity index (χ1) is 9.44. The first-order valence-electron chi connectivity index (χ1n) is 6.85. The maximum atomic E-state index is 6.12. The van der Waals surface area contributed by atoms with Crippen molar-refractivity contribution in [2.45, 2.75) is 39.2 Å². The molecule has 2 N–H and O–H groups in total. The molecule has 0 atom stereocenters. The Morgan fingerprint density at radius 1 is 1.20 bits per heavy atom. The van der Waals surface area contributed by atoms with E-state index in [1.54, 1.807) is 14.2 Å². The Morgan fingerprint density at radius 3 is 2.35 bits per heavy atom. The molecule has 0 radical (unpaired) electrons. The summed E-state index contributed by atoms with van der Waals surface area (Å²) in [5.74, 6) is 1.88. The van der Waals surface area contributed by atoms with Gasteiger partial charge in [-0.05, 0) is 20.3 Å². The van der Waals surface area contributed by atoms with Crippen LogP contribution >= 0.6 is 0 Å². The zero-order chi connectivity index (χ0) is 14.9. The summed E-state index contributed by atoms with van der Waals surface area (Å²) in [4.78, 5) is 4.45. The largest absolute Gasteiger partial charge is 0.493 e. The molecule has 0 unspecified atom stereocenters. The van der Waals surface area contributed by atoms with Crippen molar-refractivity contribution in [3.05, 3.63) is 12.1 Å². The van der Waals surface area contributed by atoms with Crippen LogP contribution in [0.25, 0.3) is 11.0 Å². The minimum absolute atomic E-state index is 0.0901. The van der Waals surface area contributed by atoms with Gasteiger partial charge >= 0.3 is 0 Å². The summed E-state index contributed by atoms with van der Waals surface area (Å²) in [5, 5.41) is 0. The average molecular weight is 277 g/mol. The predicted octanol–water partition coefficient (Wildman–Crippen LogP) is 3.17. The summed E-state index contributed by atoms with van der Waals surface area (Å²) in [6.45, 7) is 6.51. The number of fused-ring (bicyclic) bond motifs is 1. The smallest absolute Gasteiger partial charge is 0.201 e. The van der Waals surface area contributed by atoms with Crippen molar-refractivity contribution in [2.24, 2.45) is 0 Å². The van der Waals surface area contributed by atoms with Gasteiger partial charge in [-0.15, -0.1) is 0 Å². The summed E-state index contributed by atoms with van der Waals surface area (Å²) in [6.07, 6.45) is 2.11. The third-order valence-electron chi connectivity index (χ3n) is 3.65. The second kappa shape index (κ2) is 5.23. The van der Waals surface area contributed by atoms with E-state index < -0.39 is 0 Å². The average Bonchev–Trinajstić information content (AvgIpc) is 2.72. The molecule has 2 aromatic rings. The molecule has 5 nitrogen and oxygen atoms in total. The highest BCUT2D eigenvalue weighted by atomic mass is 16.5. The summed E-state index contributed by atoms with van der Waals surface area (Å²) < 4.78 is 12.8. The maximum absolute atomic E-state index is 6.12. The zero-order valence-electron chi connectivity index (χ0n) is 12.9. The van der Waals surface area contributed by atoms with E-state index in [1.807, 2.05) is 12.1 Å². The standard InChI is InChI=1S/C15H23N3O2/c1-6-7-15(2,3)18-11-9-13(20-5)12(19-4)8-10(11)17-14(18)16/h8-9H,6-7H2,1-5H3,(H2,16,17). The lowest BCUT2D eigenvalue weighted by Crippen LogP contribution is -2.27. The molecule has 0 fully saturated rings. The van der Waals surface area contributed by atoms with Crippen molar-refractivity contribution in [1.82, 2.24) is 9.55 Å². The fraction of sp³-hybridized carbons (Fsp3) is 0.533. The molecular formula is C15H23N3O2. The number of hydrogen-bond donors (Lipinski definition) is 1. The van der Waals surface area contributed by atoms with Crippen LogP contribution in [0, 0.1) is 0 Å². The third kappa shape index (κ3) is 2.28. The van der Waals surface area contributed by atoms with Gasteiger partial charge in [0, 0.05) is 17.7 Å². The van der Waals surface area contributed by atoms with Crippen LogP contribution in [-0.2, 0) is 5.54 Å². The van der Waals surface area contributed by atoms with E-state index in [1.165, 1.54) is 0 Å². The Morgan fingerprint density at radius 2 is 1.80 bits per heavy atom. The maximum Gasteiger partial charge on any atom is 0.201 e. The highest BCUT2D eigenvalue weighted by molar-refractivity contribution is 5.82. The number of anilines is 1. The lowest BCUT2D eigenvalue weighted by Gasteiger charge is -2.28. The summed E-state index contributed by atoms with van der Waals surface area (Å²) in [6, 6.07) is 3.80. The van der Waals surface area contributed by atoms with Gasteiger partial charge in [0.15, 0.2) is 11.5 Å². The van der Waals surface area contributed by atoms with Gasteiger partial charge in [-0.1, -0.05) is 13.3 Å². The van der Waals surface area contributed by atoms with Crippen LogP contribution in [0.2, 0.25) is 0 Å². The number of imidazole rings is 1. The number of nitrogens with zero attached hydrogens (tertiary/aromatic N) is 2. The van der Waals surface area contributed by atoms with Crippen molar-refractivity contribution in [1.29, 1.82) is 0 Å². The van der Waals surface area contributed by atoms with Crippen LogP contribution in [0.5, 0.6) is 11.5 Å². The van der Waals surface area contributed by atoms with Crippen molar-refractivity contribution >= 4 is 17.0 Å². The SMILES string of the molecule is CCCC(C)(C)n1c(N)nc2cc(OC)c(OC)cc21. The van der Waals surface area contributed by atoms with Gasteiger partial charge in [0.1, 0.15) is 0 Å². The van der Waals surface area contributed by atoms with Gasteiger partial charge in [-0.2, -0.15) is 0 Å². The molecule has 2 rings (SSSR count). The van der Waals surface area contributed by atoms with Crippen molar-refractivity contribution in [3.8, 4) is 11.5 Å². The van der Waals surface area contributed by atoms with Crippen LogP contribution < -0.4 is 15.2 Å². The fourth-order valence-corrected chi connectivity index (χ4v) is 2.78. The molecule has 0 saturated heterocycles. The highest BCUT2D eigenvalue weighted by Crippen LogP contribution is 2.36. The van der Waals surface area contributed by atoms with E-state index >= 15 is 0 Å². The molecule has 0 amide bonds. The lowest BCUT2D eigenvalue weighted by molar-refractivity contribution is 0.336. The van der Waals surface area contributed by atoms with Crippen LogP contribution in [0.3, 0.4) is 0 Å². The summed E-state index contributed by atoms with van der Waals surface area (Å²) >= 11 is 0. The quantitative estimate of drug-likeness (QED) is 0.911. The summed E-state index contributed by atoms with van der Waals surface area (Å²) in [7, 11) is 3.25. The van der Waals surface area contributed by atoms with Gasteiger partial charge < -0.3 is 19.8 Å². The van der Waals surface area contributed by atoms with E-state index in [2.05, 4.69) is 30.3 Å². The number of benzene rings is 1. The van der Waals surface area contributed by atoms with Crippen LogP contribution in [0.4, 0.5) is 5.95 Å². The number of methoxy groups -OCH3 is 2. The van der Waals surface area contributed by atoms with Crippen molar-refractivity contribution in [3.63, 3.8) is 0 Å². The van der Waals surface area contributed by atoms with Gasteiger partial charge in [-0.3, -0.25) is 0 Å². The monoisotopic (exact) mass is 277 g/mol. The molecular weight excluding hydrogens is 254 g/mol. The Bertz CT molecular complexity index is 617. The van der Waals surface area contributed by atoms with E-state index in [4.69, 9.17) is 15.2 Å². The Hall–Kier alpha value is -1.91. The van der Waals surface area contributed by atoms with Crippen LogP contribution in [0.1, 0.15) is 33.6 Å². The molecule has 1 aromatic carbocycles. The molecule has 0 saturated carbocycles. The Kier molecular flexibility index (Phi) is 3.79. The van der Waals surface area contributed by atoms with Crippen LogP contribution in [-0.4, -0.2) is 23.8 Å². The van der Waals surface area contributed by atoms with Gasteiger partial charge in [-0.25, -0.2) is 4.98 Å². The molecule has 5 heteroatoms. The minimum atomic E-state index is -0.0901. The molecule has 0 bridgehead atoms. The first kappa shape index (κ1) is 14.5. The predicted molar refractivity (Wildman–Crippen MR) is 81.5 cm³/mol. The number of rotatable bonds is 5. The molecule has 1 aromatic heterocycles. The third-order valence-corrected chi connectivity index (χ3v) is 3.65. The van der Waals surface area contributed by atoms with E-state index in [0.717, 1.165) is 23.9 Å². The molecule has 20 heavy (non-hydrogen) atoms. The van der Waals surface area contributed by atoms with Gasteiger partial charge in [0.05, 0.1) is 25.3 Å². The summed E-state index contributed by atoms with van der Waals surface area (Å²) in [5.41, 5.74) is 7.83. The zero-order valence-corrected chi connectivity index (χ0v) is 12.9. The molecule has 0 aliphatic heterocycles. The van der Waals surface area contributed by atoms with Gasteiger partial charge in [0.25, 0.3) is 0 Å². The second-order valence-corrected chi connectivity index (χ2v) is 5.56. The number of nitrogens with two attached hydrogens (primary N) is 1. The van der Waals surface area contributed by atoms with E-state index in [-0.39, 0.29) is 5.54 Å². The van der Waals surface area contributed by atoms with Crippen molar-refractivity contribution < 1.29 is 9.47 Å². The second-order valence-electron chi connectivity index (χ2n) is 5.56. The molecule has 110 valence electrons. The minimum Gasteiger partial charge on any atom is -0.493 e. The first-order valence-corrected chi connectivity index (χ1v) is 6.85. The number of ether oxygens (including phenoxy) is 2. The Labute approximate surface area is 119 Å². The topological polar surface area (TPSA) is 62.3 Å².